The standard InChI is InChI=1S/C14H27N5S/c1-7-20-8-9(2)16-11-10(3)12(19-15)18-13(17-11)14(4,5)6/h9H,7-8,15H2,1-6H3,(H2,16,17,18,19). The van der Waals surface area contributed by atoms with Crippen LogP contribution in [-0.4, -0.2) is 27.5 Å². The van der Waals surface area contributed by atoms with Crippen molar-refractivity contribution in [3.8, 4) is 0 Å². The fourth-order valence-electron chi connectivity index (χ4n) is 1.70. The molecule has 5 nitrogen and oxygen atoms in total. The van der Waals surface area contributed by atoms with E-state index in [1.165, 1.54) is 0 Å². The highest BCUT2D eigenvalue weighted by Gasteiger charge is 2.21. The Bertz CT molecular complexity index is 442. The summed E-state index contributed by atoms with van der Waals surface area (Å²) >= 11 is 1.91. The number of hydrogen-bond acceptors (Lipinski definition) is 6. The lowest BCUT2D eigenvalue weighted by Gasteiger charge is -2.22. The fourth-order valence-corrected chi connectivity index (χ4v) is 2.38. The van der Waals surface area contributed by atoms with E-state index in [0.29, 0.717) is 11.9 Å². The number of nitrogens with one attached hydrogen (secondary N) is 2. The van der Waals surface area contributed by atoms with Gasteiger partial charge < -0.3 is 10.7 Å². The van der Waals surface area contributed by atoms with Gasteiger partial charge in [-0.3, -0.25) is 0 Å². The van der Waals surface area contributed by atoms with Gasteiger partial charge in [-0.1, -0.05) is 27.7 Å². The Morgan fingerprint density at radius 2 is 1.85 bits per heavy atom. The summed E-state index contributed by atoms with van der Waals surface area (Å²) in [6.45, 7) is 12.6. The van der Waals surface area contributed by atoms with Crippen LogP contribution in [0.3, 0.4) is 0 Å². The highest BCUT2D eigenvalue weighted by molar-refractivity contribution is 7.99. The summed E-state index contributed by atoms with van der Waals surface area (Å²) in [5.41, 5.74) is 3.51. The zero-order valence-corrected chi connectivity index (χ0v) is 14.2. The van der Waals surface area contributed by atoms with E-state index in [9.17, 15) is 0 Å². The topological polar surface area (TPSA) is 75.9 Å². The van der Waals surface area contributed by atoms with Crippen molar-refractivity contribution < 1.29 is 0 Å². The summed E-state index contributed by atoms with van der Waals surface area (Å²) in [6, 6.07) is 0.354. The van der Waals surface area contributed by atoms with Crippen molar-refractivity contribution in [2.24, 2.45) is 5.84 Å². The summed E-state index contributed by atoms with van der Waals surface area (Å²) in [7, 11) is 0. The molecule has 1 aromatic rings. The molecule has 1 rings (SSSR count). The van der Waals surface area contributed by atoms with Crippen LogP contribution in [0.4, 0.5) is 11.6 Å². The van der Waals surface area contributed by atoms with E-state index in [0.717, 1.165) is 28.7 Å². The third-order valence-electron chi connectivity index (χ3n) is 2.91. The van der Waals surface area contributed by atoms with Crippen LogP contribution in [0.25, 0.3) is 0 Å². The minimum Gasteiger partial charge on any atom is -0.366 e. The van der Waals surface area contributed by atoms with E-state index >= 15 is 0 Å². The van der Waals surface area contributed by atoms with Gasteiger partial charge in [0.1, 0.15) is 17.5 Å². The first-order chi connectivity index (χ1) is 9.29. The average molecular weight is 297 g/mol. The first-order valence-electron chi connectivity index (χ1n) is 6.99. The Morgan fingerprint density at radius 3 is 2.35 bits per heavy atom. The molecule has 1 heterocycles. The Kier molecular flexibility index (Phi) is 6.07. The molecule has 0 bridgehead atoms. The van der Waals surface area contributed by atoms with E-state index in [-0.39, 0.29) is 5.41 Å². The quantitative estimate of drug-likeness (QED) is 0.554. The lowest BCUT2D eigenvalue weighted by Crippen LogP contribution is -2.24. The third kappa shape index (κ3) is 4.52. The summed E-state index contributed by atoms with van der Waals surface area (Å²) in [4.78, 5) is 9.17. The molecule has 0 fully saturated rings. The molecule has 20 heavy (non-hydrogen) atoms. The van der Waals surface area contributed by atoms with Gasteiger partial charge in [-0.15, -0.1) is 0 Å². The van der Waals surface area contributed by atoms with Crippen LogP contribution in [0, 0.1) is 6.92 Å². The Balaban J connectivity index is 3.05. The van der Waals surface area contributed by atoms with Crippen LogP contribution in [0.1, 0.15) is 46.0 Å². The van der Waals surface area contributed by atoms with Crippen molar-refractivity contribution in [2.75, 3.05) is 22.2 Å². The number of rotatable bonds is 6. The molecular weight excluding hydrogens is 270 g/mol. The Morgan fingerprint density at radius 1 is 1.25 bits per heavy atom. The molecule has 0 spiro atoms. The summed E-state index contributed by atoms with van der Waals surface area (Å²) < 4.78 is 0. The first-order valence-corrected chi connectivity index (χ1v) is 8.15. The number of anilines is 2. The number of hydrogen-bond donors (Lipinski definition) is 3. The third-order valence-corrected chi connectivity index (χ3v) is 4.05. The second-order valence-corrected chi connectivity index (χ2v) is 7.29. The second-order valence-electron chi connectivity index (χ2n) is 5.97. The smallest absolute Gasteiger partial charge is 0.148 e. The second kappa shape index (κ2) is 7.13. The van der Waals surface area contributed by atoms with Crippen molar-refractivity contribution in [1.29, 1.82) is 0 Å². The molecule has 0 aromatic carbocycles. The van der Waals surface area contributed by atoms with Crippen molar-refractivity contribution >= 4 is 23.4 Å². The lowest BCUT2D eigenvalue weighted by molar-refractivity contribution is 0.545. The minimum absolute atomic E-state index is 0.114. The molecule has 0 saturated heterocycles. The summed E-state index contributed by atoms with van der Waals surface area (Å²) in [5, 5.41) is 3.46. The van der Waals surface area contributed by atoms with Crippen molar-refractivity contribution in [2.45, 2.75) is 53.0 Å². The van der Waals surface area contributed by atoms with Gasteiger partial charge >= 0.3 is 0 Å². The van der Waals surface area contributed by atoms with Crippen LogP contribution in [-0.2, 0) is 5.41 Å². The van der Waals surface area contributed by atoms with E-state index in [4.69, 9.17) is 5.84 Å². The van der Waals surface area contributed by atoms with Crippen LogP contribution in [0.15, 0.2) is 0 Å². The van der Waals surface area contributed by atoms with Gasteiger partial charge in [0.2, 0.25) is 0 Å². The highest BCUT2D eigenvalue weighted by atomic mass is 32.2. The van der Waals surface area contributed by atoms with Crippen LogP contribution < -0.4 is 16.6 Å². The number of nitrogens with zero attached hydrogens (tertiary/aromatic N) is 2. The molecular formula is C14H27N5S. The molecule has 1 aromatic heterocycles. The molecule has 0 radical (unpaired) electrons. The van der Waals surface area contributed by atoms with E-state index in [2.05, 4.69) is 55.3 Å². The van der Waals surface area contributed by atoms with Gasteiger partial charge in [-0.2, -0.15) is 11.8 Å². The van der Waals surface area contributed by atoms with Gasteiger partial charge in [0.15, 0.2) is 0 Å². The molecule has 4 N–H and O–H groups in total. The number of aromatic nitrogens is 2. The molecule has 114 valence electrons. The normalized spacial score (nSPS) is 13.2. The number of thioether (sulfide) groups is 1. The zero-order valence-electron chi connectivity index (χ0n) is 13.4. The molecule has 1 unspecified atom stereocenters. The Hall–Kier alpha value is -1.01. The molecule has 0 aliphatic rings. The van der Waals surface area contributed by atoms with Crippen molar-refractivity contribution in [3.63, 3.8) is 0 Å². The van der Waals surface area contributed by atoms with Gasteiger partial charge in [0.05, 0.1) is 0 Å². The summed E-state index contributed by atoms with van der Waals surface area (Å²) in [5.74, 6) is 10.1. The first kappa shape index (κ1) is 17.0. The molecule has 1 atom stereocenters. The van der Waals surface area contributed by atoms with E-state index in [1.807, 2.05) is 18.7 Å². The minimum atomic E-state index is -0.114. The fraction of sp³-hybridized carbons (Fsp3) is 0.714. The van der Waals surface area contributed by atoms with Crippen molar-refractivity contribution in [3.05, 3.63) is 11.4 Å². The van der Waals surface area contributed by atoms with Crippen LogP contribution >= 0.6 is 11.8 Å². The number of hydrazine groups is 1. The predicted octanol–water partition coefficient (Wildman–Crippen LogP) is 2.92. The maximum Gasteiger partial charge on any atom is 0.148 e. The zero-order chi connectivity index (χ0) is 15.3. The Labute approximate surface area is 126 Å². The van der Waals surface area contributed by atoms with Crippen LogP contribution in [0.5, 0.6) is 0 Å². The number of nitrogen functional groups attached to an aromatic ring is 1. The van der Waals surface area contributed by atoms with E-state index in [1.54, 1.807) is 0 Å². The monoisotopic (exact) mass is 297 g/mol. The molecule has 0 aliphatic heterocycles. The van der Waals surface area contributed by atoms with Gasteiger partial charge in [0.25, 0.3) is 0 Å². The highest BCUT2D eigenvalue weighted by Crippen LogP contribution is 2.26. The number of nitrogens with two attached hydrogens (primary N) is 1. The van der Waals surface area contributed by atoms with E-state index < -0.39 is 0 Å². The lowest BCUT2D eigenvalue weighted by atomic mass is 9.95. The maximum absolute atomic E-state index is 5.57. The average Bonchev–Trinajstić information content (AvgIpc) is 2.37. The van der Waals surface area contributed by atoms with Gasteiger partial charge in [0, 0.05) is 22.8 Å². The summed E-state index contributed by atoms with van der Waals surface area (Å²) in [6.07, 6.45) is 0. The predicted molar refractivity (Wildman–Crippen MR) is 89.4 cm³/mol. The largest absolute Gasteiger partial charge is 0.366 e. The van der Waals surface area contributed by atoms with Crippen LogP contribution in [0.2, 0.25) is 0 Å². The van der Waals surface area contributed by atoms with Crippen molar-refractivity contribution in [1.82, 2.24) is 9.97 Å². The van der Waals surface area contributed by atoms with Gasteiger partial charge in [-0.25, -0.2) is 15.8 Å². The SMILES string of the molecule is CCSCC(C)Nc1nc(C(C)(C)C)nc(NN)c1C. The molecule has 0 amide bonds. The molecule has 0 saturated carbocycles. The molecule has 0 aliphatic carbocycles. The molecule has 6 heteroatoms. The maximum atomic E-state index is 5.57. The van der Waals surface area contributed by atoms with Gasteiger partial charge in [-0.05, 0) is 19.6 Å².